The molecule has 210 valence electrons. The number of rotatable bonds is 7. The van der Waals surface area contributed by atoms with E-state index in [9.17, 15) is 0 Å². The van der Waals surface area contributed by atoms with E-state index >= 15 is 0 Å². The summed E-state index contributed by atoms with van der Waals surface area (Å²) < 4.78 is 6.77. The number of nitrogens with two attached hydrogens (primary N) is 2. The van der Waals surface area contributed by atoms with Crippen LogP contribution in [0.2, 0.25) is 0 Å². The maximum absolute atomic E-state index is 6.77. The molecule has 0 aromatic rings. The van der Waals surface area contributed by atoms with Crippen LogP contribution in [0.1, 0.15) is 119 Å². The van der Waals surface area contributed by atoms with Crippen LogP contribution in [0.15, 0.2) is 23.9 Å². The lowest BCUT2D eigenvalue weighted by Gasteiger charge is -2.61. The van der Waals surface area contributed by atoms with E-state index in [0.29, 0.717) is 16.9 Å². The smallest absolute Gasteiger partial charge is 0.103 e. The van der Waals surface area contributed by atoms with Gasteiger partial charge in [-0.15, -0.1) is 0 Å². The second-order valence-electron chi connectivity index (χ2n) is 15.4. The van der Waals surface area contributed by atoms with Gasteiger partial charge in [0.1, 0.15) is 5.60 Å². The van der Waals surface area contributed by atoms with Crippen LogP contribution >= 0.6 is 0 Å². The van der Waals surface area contributed by atoms with E-state index in [4.69, 9.17) is 16.2 Å². The molecule has 11 atom stereocenters. The zero-order valence-electron chi connectivity index (χ0n) is 25.0. The van der Waals surface area contributed by atoms with E-state index < -0.39 is 5.60 Å². The van der Waals surface area contributed by atoms with Crippen molar-refractivity contribution in [2.75, 3.05) is 0 Å². The second kappa shape index (κ2) is 10.3. The van der Waals surface area contributed by atoms with Gasteiger partial charge in [-0.1, -0.05) is 53.9 Å². The number of hydrogen-bond donors (Lipinski definition) is 2. The van der Waals surface area contributed by atoms with Gasteiger partial charge in [-0.05, 0) is 135 Å². The van der Waals surface area contributed by atoms with Gasteiger partial charge in [0.25, 0.3) is 0 Å². The van der Waals surface area contributed by atoms with Crippen LogP contribution in [-0.2, 0) is 4.74 Å². The van der Waals surface area contributed by atoms with Gasteiger partial charge in [0.2, 0.25) is 0 Å². The van der Waals surface area contributed by atoms with Gasteiger partial charge >= 0.3 is 0 Å². The number of fused-ring (bicyclic) bond motifs is 5. The van der Waals surface area contributed by atoms with Crippen LogP contribution in [0, 0.1) is 52.3 Å². The quantitative estimate of drug-likeness (QED) is 0.365. The molecule has 5 aliphatic rings. The van der Waals surface area contributed by atoms with Gasteiger partial charge in [0, 0.05) is 5.70 Å². The third kappa shape index (κ3) is 4.99. The van der Waals surface area contributed by atoms with Gasteiger partial charge in [0.15, 0.2) is 0 Å². The molecule has 0 heterocycles. The van der Waals surface area contributed by atoms with Crippen LogP contribution < -0.4 is 11.5 Å². The van der Waals surface area contributed by atoms with Crippen molar-refractivity contribution in [3.8, 4) is 0 Å². The fourth-order valence-corrected chi connectivity index (χ4v) is 10.6. The fraction of sp³-hybridized carbons (Fsp3) is 0.882. The first-order chi connectivity index (χ1) is 17.5. The molecular formula is C34H58N2O. The first kappa shape index (κ1) is 27.8. The minimum absolute atomic E-state index is 0.166. The fourth-order valence-electron chi connectivity index (χ4n) is 10.6. The number of allylic oxidation sites excluding steroid dienone is 1. The Labute approximate surface area is 228 Å². The maximum atomic E-state index is 6.77. The Kier molecular flexibility index (Phi) is 7.73. The summed E-state index contributed by atoms with van der Waals surface area (Å²) in [6.07, 6.45) is 23.2. The Morgan fingerprint density at radius 3 is 2.38 bits per heavy atom. The summed E-state index contributed by atoms with van der Waals surface area (Å²) in [5.74, 6) is 6.36. The van der Waals surface area contributed by atoms with Crippen molar-refractivity contribution in [3.05, 3.63) is 23.9 Å². The lowest BCUT2D eigenvalue weighted by atomic mass is 9.44. The topological polar surface area (TPSA) is 61.3 Å². The average Bonchev–Trinajstić information content (AvgIpc) is 3.19. The minimum atomic E-state index is -0.435. The van der Waals surface area contributed by atoms with Crippen LogP contribution in [0.4, 0.5) is 0 Å². The lowest BCUT2D eigenvalue weighted by Crippen LogP contribution is -2.55. The minimum Gasteiger partial charge on any atom is -0.399 e. The molecule has 0 aliphatic heterocycles. The molecule has 0 saturated heterocycles. The van der Waals surface area contributed by atoms with Crippen molar-refractivity contribution in [2.45, 2.75) is 136 Å². The molecule has 0 bridgehead atoms. The van der Waals surface area contributed by atoms with Crippen molar-refractivity contribution in [1.29, 1.82) is 0 Å². The molecule has 11 unspecified atom stereocenters. The molecule has 3 heteroatoms. The monoisotopic (exact) mass is 510 g/mol. The highest BCUT2D eigenvalue weighted by molar-refractivity contribution is 5.29. The molecule has 0 spiro atoms. The van der Waals surface area contributed by atoms with Crippen molar-refractivity contribution in [1.82, 2.24) is 0 Å². The third-order valence-electron chi connectivity index (χ3n) is 12.9. The van der Waals surface area contributed by atoms with E-state index in [1.54, 1.807) is 0 Å². The largest absolute Gasteiger partial charge is 0.399 e. The second-order valence-corrected chi connectivity index (χ2v) is 15.4. The van der Waals surface area contributed by atoms with Crippen LogP contribution in [-0.4, -0.2) is 17.7 Å². The zero-order chi connectivity index (χ0) is 26.6. The molecule has 3 nitrogen and oxygen atoms in total. The van der Waals surface area contributed by atoms with E-state index in [-0.39, 0.29) is 6.04 Å². The Bertz CT molecular complexity index is 879. The summed E-state index contributed by atoms with van der Waals surface area (Å²) in [7, 11) is 0. The van der Waals surface area contributed by atoms with Crippen molar-refractivity contribution in [3.63, 3.8) is 0 Å². The summed E-state index contributed by atoms with van der Waals surface area (Å²) in [5, 5.41) is 0. The summed E-state index contributed by atoms with van der Waals surface area (Å²) >= 11 is 0. The van der Waals surface area contributed by atoms with Gasteiger partial charge in [-0.25, -0.2) is 0 Å². The highest BCUT2D eigenvalue weighted by Crippen LogP contribution is 2.68. The molecule has 37 heavy (non-hydrogen) atoms. The van der Waals surface area contributed by atoms with Crippen molar-refractivity contribution < 1.29 is 4.74 Å². The molecule has 5 aliphatic carbocycles. The van der Waals surface area contributed by atoms with Crippen molar-refractivity contribution >= 4 is 0 Å². The van der Waals surface area contributed by atoms with E-state index in [2.05, 4.69) is 47.6 Å². The summed E-state index contributed by atoms with van der Waals surface area (Å²) in [6.45, 7) is 14.9. The third-order valence-corrected chi connectivity index (χ3v) is 12.9. The molecule has 0 aromatic heterocycles. The molecule has 0 radical (unpaired) electrons. The van der Waals surface area contributed by atoms with E-state index in [1.165, 1.54) is 77.0 Å². The standard InChI is InChI=1S/C34H58N2O/c1-22(2)8-7-9-23(3)28-12-13-29-27-11-10-24-20-26(37-34(6)19-14-25(35)21-31(34)36)15-17-32(24,4)30(27)16-18-33(28,29)5/h14,19,21-24,26-31H,7-13,15-18,20,35-36H2,1-6H3. The Morgan fingerprint density at radius 2 is 1.65 bits per heavy atom. The summed E-state index contributed by atoms with van der Waals surface area (Å²) in [4.78, 5) is 0. The molecule has 4 N–H and O–H groups in total. The predicted octanol–water partition coefficient (Wildman–Crippen LogP) is 7.99. The normalized spacial score (nSPS) is 48.2. The van der Waals surface area contributed by atoms with Crippen LogP contribution in [0.5, 0.6) is 0 Å². The molecule has 5 rings (SSSR count). The lowest BCUT2D eigenvalue weighted by molar-refractivity contribution is -0.154. The maximum Gasteiger partial charge on any atom is 0.103 e. The van der Waals surface area contributed by atoms with Gasteiger partial charge in [0.05, 0.1) is 12.1 Å². The zero-order valence-corrected chi connectivity index (χ0v) is 25.0. The molecule has 0 amide bonds. The predicted molar refractivity (Wildman–Crippen MR) is 156 cm³/mol. The average molecular weight is 511 g/mol. The van der Waals surface area contributed by atoms with Gasteiger partial charge in [-0.2, -0.15) is 0 Å². The first-order valence-electron chi connectivity index (χ1n) is 16.1. The highest BCUT2D eigenvalue weighted by Gasteiger charge is 2.60. The molecular weight excluding hydrogens is 452 g/mol. The summed E-state index contributed by atoms with van der Waals surface area (Å²) in [6, 6.07) is -0.166. The Morgan fingerprint density at radius 1 is 0.919 bits per heavy atom. The van der Waals surface area contributed by atoms with Crippen LogP contribution in [0.3, 0.4) is 0 Å². The first-order valence-corrected chi connectivity index (χ1v) is 16.1. The Balaban J connectivity index is 1.23. The number of ether oxygens (including phenoxy) is 1. The van der Waals surface area contributed by atoms with Crippen LogP contribution in [0.25, 0.3) is 0 Å². The van der Waals surface area contributed by atoms with E-state index in [1.807, 2.05) is 12.2 Å². The van der Waals surface area contributed by atoms with Crippen molar-refractivity contribution in [2.24, 2.45) is 63.7 Å². The number of hydrogen-bond acceptors (Lipinski definition) is 3. The SMILES string of the molecule is CC(C)CCCC(C)C1CCC2C3CCC4CC(OC5(C)C=CC(N)=CC5N)CCC4(C)C3CCC12C. The van der Waals surface area contributed by atoms with E-state index in [0.717, 1.165) is 47.1 Å². The molecule has 4 saturated carbocycles. The van der Waals surface area contributed by atoms with Gasteiger partial charge in [-0.3, -0.25) is 0 Å². The Hall–Kier alpha value is -0.800. The van der Waals surface area contributed by atoms with Gasteiger partial charge < -0.3 is 16.2 Å². The summed E-state index contributed by atoms with van der Waals surface area (Å²) in [5.41, 5.74) is 13.9. The molecule has 4 fully saturated rings. The molecule has 0 aromatic carbocycles. The highest BCUT2D eigenvalue weighted by atomic mass is 16.5.